The maximum atomic E-state index is 10.5. The van der Waals surface area contributed by atoms with Gasteiger partial charge in [0.15, 0.2) is 0 Å². The summed E-state index contributed by atoms with van der Waals surface area (Å²) in [5.41, 5.74) is 5.42. The summed E-state index contributed by atoms with van der Waals surface area (Å²) >= 11 is 12.8. The number of halogens is 2. The van der Waals surface area contributed by atoms with Crippen molar-refractivity contribution < 1.29 is 0 Å². The molecule has 0 fully saturated rings. The first-order chi connectivity index (χ1) is 10.6. The molecule has 0 saturated carbocycles. The summed E-state index contributed by atoms with van der Waals surface area (Å²) in [5.74, 6) is 2.45. The lowest BCUT2D eigenvalue weighted by molar-refractivity contribution is 0.586. The first-order valence-corrected chi connectivity index (χ1v) is 11.9. The van der Waals surface area contributed by atoms with Gasteiger partial charge in [-0.05, 0) is 22.5 Å². The third kappa shape index (κ3) is 13.2. The molecular formula is C15H27Cl2NOS3. The van der Waals surface area contributed by atoms with Crippen molar-refractivity contribution in [2.75, 3.05) is 18.1 Å². The summed E-state index contributed by atoms with van der Waals surface area (Å²) in [6.45, 7) is 3.11. The van der Waals surface area contributed by atoms with Gasteiger partial charge in [0.25, 0.3) is 4.74 Å². The van der Waals surface area contributed by atoms with E-state index in [1.165, 1.54) is 67.5 Å². The highest BCUT2D eigenvalue weighted by Gasteiger charge is 2.03. The number of nitrogens with two attached hydrogens (primary N) is 1. The molecular weight excluding hydrogens is 377 g/mol. The number of hydrogen-bond donors (Lipinski definition) is 1. The fourth-order valence-electron chi connectivity index (χ4n) is 1.75. The molecule has 0 radical (unpaired) electrons. The zero-order valence-corrected chi connectivity index (χ0v) is 17.2. The molecule has 0 spiro atoms. The van der Waals surface area contributed by atoms with E-state index in [9.17, 15) is 4.79 Å². The molecule has 0 aliphatic carbocycles. The van der Waals surface area contributed by atoms with E-state index in [0.717, 1.165) is 22.6 Å². The zero-order chi connectivity index (χ0) is 16.6. The van der Waals surface area contributed by atoms with Crippen LogP contribution in [0.15, 0.2) is 4.79 Å². The molecule has 130 valence electrons. The lowest BCUT2D eigenvalue weighted by Crippen LogP contribution is -2.01. The molecule has 0 atom stereocenters. The van der Waals surface area contributed by atoms with Crippen LogP contribution in [0.2, 0.25) is 9.36 Å². The minimum atomic E-state index is -0.151. The van der Waals surface area contributed by atoms with Gasteiger partial charge in [-0.25, -0.2) is 0 Å². The van der Waals surface area contributed by atoms with Crippen LogP contribution in [0.25, 0.3) is 0 Å². The van der Waals surface area contributed by atoms with E-state index < -0.39 is 0 Å². The van der Waals surface area contributed by atoms with Gasteiger partial charge in [-0.1, -0.05) is 85.4 Å². The third-order valence-corrected chi connectivity index (χ3v) is 7.42. The maximum absolute atomic E-state index is 10.5. The maximum Gasteiger partial charge on any atom is 0.263 e. The van der Waals surface area contributed by atoms with Crippen molar-refractivity contribution in [3.63, 3.8) is 0 Å². The molecule has 7 heteroatoms. The van der Waals surface area contributed by atoms with Crippen LogP contribution in [0.1, 0.15) is 58.3 Å². The van der Waals surface area contributed by atoms with Gasteiger partial charge in [0.05, 0.1) is 0 Å². The van der Waals surface area contributed by atoms with Crippen LogP contribution in [0, 0.1) is 0 Å². The van der Waals surface area contributed by atoms with Gasteiger partial charge in [0, 0.05) is 12.3 Å². The molecule has 2 N–H and O–H groups in total. The molecule has 0 amide bonds. The van der Waals surface area contributed by atoms with Crippen molar-refractivity contribution in [1.29, 1.82) is 0 Å². The van der Waals surface area contributed by atoms with Crippen LogP contribution >= 0.6 is 55.6 Å². The van der Waals surface area contributed by atoms with E-state index >= 15 is 0 Å². The van der Waals surface area contributed by atoms with Gasteiger partial charge in [-0.3, -0.25) is 4.79 Å². The molecule has 0 saturated heterocycles. The van der Waals surface area contributed by atoms with Crippen molar-refractivity contribution in [2.45, 2.75) is 58.3 Å². The van der Waals surface area contributed by atoms with Gasteiger partial charge < -0.3 is 5.73 Å². The van der Waals surface area contributed by atoms with Crippen LogP contribution in [-0.2, 0) is 0 Å². The fourth-order valence-corrected chi connectivity index (χ4v) is 4.96. The van der Waals surface area contributed by atoms with Crippen molar-refractivity contribution in [1.82, 2.24) is 0 Å². The molecule has 2 nitrogen and oxygen atoms in total. The minimum Gasteiger partial charge on any atom is -0.330 e. The van der Waals surface area contributed by atoms with Gasteiger partial charge in [-0.15, -0.1) is 0 Å². The van der Waals surface area contributed by atoms with Crippen LogP contribution in [0.3, 0.4) is 0 Å². The van der Waals surface area contributed by atoms with E-state index in [4.69, 9.17) is 28.9 Å². The Morgan fingerprint density at radius 1 is 0.955 bits per heavy atom. The second kappa shape index (κ2) is 16.6. The topological polar surface area (TPSA) is 43.1 Å². The van der Waals surface area contributed by atoms with Crippen molar-refractivity contribution >= 4 is 55.6 Å². The van der Waals surface area contributed by atoms with Crippen molar-refractivity contribution in [2.24, 2.45) is 5.73 Å². The Balaban J connectivity index is 0.000000461. The number of hydrogen-bond acceptors (Lipinski definition) is 5. The second-order valence-electron chi connectivity index (χ2n) is 4.92. The lowest BCUT2D eigenvalue weighted by atomic mass is 10.1. The number of thioether (sulfide) groups is 1. The molecule has 1 aromatic heterocycles. The molecule has 22 heavy (non-hydrogen) atoms. The Morgan fingerprint density at radius 3 is 1.95 bits per heavy atom. The van der Waals surface area contributed by atoms with Crippen LogP contribution < -0.4 is 10.5 Å². The highest BCUT2D eigenvalue weighted by atomic mass is 35.5. The van der Waals surface area contributed by atoms with E-state index in [1.807, 2.05) is 11.8 Å². The number of rotatable bonds is 11. The van der Waals surface area contributed by atoms with Crippen LogP contribution in [0.5, 0.6) is 0 Å². The Labute approximate surface area is 156 Å². The third-order valence-electron chi connectivity index (χ3n) is 2.95. The Morgan fingerprint density at radius 2 is 1.55 bits per heavy atom. The van der Waals surface area contributed by atoms with Gasteiger partial charge in [0.2, 0.25) is 0 Å². The summed E-state index contributed by atoms with van der Waals surface area (Å²) in [5, 5.41) is 0.154. The molecule has 0 unspecified atom stereocenters. The average molecular weight is 404 g/mol. The predicted octanol–water partition coefficient (Wildman–Crippen LogP) is 6.30. The zero-order valence-electron chi connectivity index (χ0n) is 13.2. The first kappa shape index (κ1) is 22.7. The monoisotopic (exact) mass is 403 g/mol. The minimum absolute atomic E-state index is 0.151. The van der Waals surface area contributed by atoms with E-state index in [-0.39, 0.29) is 9.77 Å². The lowest BCUT2D eigenvalue weighted by Gasteiger charge is -2.01. The normalized spacial score (nSPS) is 10.4. The Hall–Kier alpha value is 0.740. The summed E-state index contributed by atoms with van der Waals surface area (Å²) < 4.78 is 0.239. The largest absolute Gasteiger partial charge is 0.330 e. The van der Waals surface area contributed by atoms with Crippen LogP contribution in [0.4, 0.5) is 0 Å². The van der Waals surface area contributed by atoms with Gasteiger partial charge >= 0.3 is 0 Å². The number of unbranched alkanes of at least 4 members (excludes halogenated alkanes) is 7. The first-order valence-electron chi connectivity index (χ1n) is 7.85. The van der Waals surface area contributed by atoms with Crippen molar-refractivity contribution in [3.05, 3.63) is 18.9 Å². The highest BCUT2D eigenvalue weighted by molar-refractivity contribution is 7.99. The van der Waals surface area contributed by atoms with Gasteiger partial charge in [0.1, 0.15) is 9.36 Å². The van der Waals surface area contributed by atoms with Crippen LogP contribution in [-0.4, -0.2) is 18.1 Å². The summed E-state index contributed by atoms with van der Waals surface area (Å²) in [6, 6.07) is 0. The smallest absolute Gasteiger partial charge is 0.263 e. The molecule has 1 aromatic rings. The SMILES string of the molecule is CCCCCCCCCCSCCN.O=c1ssc(Cl)c1Cl. The molecule has 0 aliphatic heterocycles. The van der Waals surface area contributed by atoms with E-state index in [1.54, 1.807) is 0 Å². The van der Waals surface area contributed by atoms with Gasteiger partial charge in [-0.2, -0.15) is 11.8 Å². The molecule has 0 aromatic carbocycles. The summed E-state index contributed by atoms with van der Waals surface area (Å²) in [7, 11) is 2.25. The van der Waals surface area contributed by atoms with Crippen molar-refractivity contribution in [3.8, 4) is 0 Å². The molecule has 1 heterocycles. The summed E-state index contributed by atoms with van der Waals surface area (Å²) in [4.78, 5) is 10.5. The fraction of sp³-hybridized carbons (Fsp3) is 0.800. The predicted molar refractivity (Wildman–Crippen MR) is 107 cm³/mol. The Bertz CT molecular complexity index is 398. The average Bonchev–Trinajstić information content (AvgIpc) is 2.81. The quantitative estimate of drug-likeness (QED) is 0.348. The molecule has 0 aliphatic rings. The van der Waals surface area contributed by atoms with E-state index in [0.29, 0.717) is 4.34 Å². The molecule has 0 bridgehead atoms. The second-order valence-corrected chi connectivity index (χ2v) is 9.23. The van der Waals surface area contributed by atoms with E-state index in [2.05, 4.69) is 6.92 Å². The summed E-state index contributed by atoms with van der Waals surface area (Å²) in [6.07, 6.45) is 11.4. The standard InChI is InChI=1S/C12H27NS.C3Cl2OS2/c1-2-3-4-5-6-7-8-9-11-14-12-10-13;4-1-2(5)7-8-3(1)6/h2-13H2,1H3;. The molecule has 1 rings (SSSR count). The Kier molecular flexibility index (Phi) is 17.2. The highest BCUT2D eigenvalue weighted by Crippen LogP contribution is 2.25.